The van der Waals surface area contributed by atoms with Crippen molar-refractivity contribution in [3.05, 3.63) is 12.2 Å². The van der Waals surface area contributed by atoms with Gasteiger partial charge in [0.2, 0.25) is 0 Å². The third kappa shape index (κ3) is 4.51. The van der Waals surface area contributed by atoms with Crippen LogP contribution in [-0.4, -0.2) is 49.6 Å². The maximum Gasteiger partial charge on any atom is 0.191 e. The predicted molar refractivity (Wildman–Crippen MR) is 86.1 cm³/mol. The minimum atomic E-state index is 0.521. The molecule has 1 aliphatic carbocycles. The van der Waals surface area contributed by atoms with Gasteiger partial charge in [0.1, 0.15) is 0 Å². The Bertz CT molecular complexity index is 334. The Labute approximate surface area is 123 Å². The van der Waals surface area contributed by atoms with Gasteiger partial charge in [-0.1, -0.05) is 19.1 Å². The molecule has 4 nitrogen and oxygen atoms in total. The fraction of sp³-hybridized carbons (Fsp3) is 0.812. The third-order valence-corrected chi connectivity index (χ3v) is 4.58. The molecular weight excluding hydrogens is 248 g/mol. The summed E-state index contributed by atoms with van der Waals surface area (Å²) in [6.07, 6.45) is 9.38. The van der Waals surface area contributed by atoms with Crippen molar-refractivity contribution in [3.63, 3.8) is 0 Å². The van der Waals surface area contributed by atoms with E-state index < -0.39 is 0 Å². The molecule has 0 amide bonds. The lowest BCUT2D eigenvalue weighted by Gasteiger charge is -2.35. The van der Waals surface area contributed by atoms with Crippen molar-refractivity contribution < 1.29 is 0 Å². The minimum Gasteiger partial charge on any atom is -0.355 e. The maximum absolute atomic E-state index is 4.33. The van der Waals surface area contributed by atoms with E-state index in [1.807, 2.05) is 7.05 Å². The van der Waals surface area contributed by atoms with Crippen LogP contribution in [0.2, 0.25) is 0 Å². The molecule has 2 rings (SSSR count). The van der Waals surface area contributed by atoms with E-state index >= 15 is 0 Å². The first-order valence-corrected chi connectivity index (χ1v) is 8.05. The van der Waals surface area contributed by atoms with Crippen LogP contribution >= 0.6 is 0 Å². The molecule has 0 radical (unpaired) electrons. The van der Waals surface area contributed by atoms with Crippen LogP contribution < -0.4 is 10.6 Å². The van der Waals surface area contributed by atoms with Crippen LogP contribution in [0.3, 0.4) is 0 Å². The van der Waals surface area contributed by atoms with Crippen LogP contribution in [0.15, 0.2) is 17.1 Å². The Morgan fingerprint density at radius 1 is 1.30 bits per heavy atom. The van der Waals surface area contributed by atoms with Gasteiger partial charge >= 0.3 is 0 Å². The van der Waals surface area contributed by atoms with E-state index in [9.17, 15) is 0 Å². The second-order valence-electron chi connectivity index (χ2n) is 6.30. The molecule has 2 aliphatic rings. The molecule has 1 heterocycles. The van der Waals surface area contributed by atoms with Crippen LogP contribution in [0.5, 0.6) is 0 Å². The van der Waals surface area contributed by atoms with Crippen molar-refractivity contribution in [2.45, 2.75) is 51.6 Å². The number of piperidine rings is 1. The van der Waals surface area contributed by atoms with Gasteiger partial charge in [-0.25, -0.2) is 0 Å². The molecule has 0 aromatic heterocycles. The summed E-state index contributed by atoms with van der Waals surface area (Å²) in [5, 5.41) is 6.96. The van der Waals surface area contributed by atoms with E-state index in [0.717, 1.165) is 31.3 Å². The smallest absolute Gasteiger partial charge is 0.191 e. The van der Waals surface area contributed by atoms with Crippen molar-refractivity contribution in [2.75, 3.05) is 26.7 Å². The van der Waals surface area contributed by atoms with E-state index in [0.29, 0.717) is 12.1 Å². The molecule has 0 bridgehead atoms. The van der Waals surface area contributed by atoms with Gasteiger partial charge in [0, 0.05) is 25.7 Å². The topological polar surface area (TPSA) is 39.7 Å². The Morgan fingerprint density at radius 3 is 2.55 bits per heavy atom. The van der Waals surface area contributed by atoms with Gasteiger partial charge in [-0.2, -0.15) is 0 Å². The summed E-state index contributed by atoms with van der Waals surface area (Å²) >= 11 is 0. The Balaban J connectivity index is 1.69. The quantitative estimate of drug-likeness (QED) is 0.469. The summed E-state index contributed by atoms with van der Waals surface area (Å²) in [6, 6.07) is 1.09. The summed E-state index contributed by atoms with van der Waals surface area (Å²) in [6.45, 7) is 8.12. The highest BCUT2D eigenvalue weighted by atomic mass is 15.2. The summed E-state index contributed by atoms with van der Waals surface area (Å²) in [5.74, 6) is 1.84. The van der Waals surface area contributed by atoms with Gasteiger partial charge in [0.25, 0.3) is 0 Å². The molecular formula is C16H30N4. The Morgan fingerprint density at radius 2 is 1.95 bits per heavy atom. The first-order valence-electron chi connectivity index (χ1n) is 8.05. The molecule has 1 atom stereocenters. The molecule has 1 unspecified atom stereocenters. The van der Waals surface area contributed by atoms with Crippen LogP contribution in [0.4, 0.5) is 0 Å². The van der Waals surface area contributed by atoms with Gasteiger partial charge in [-0.3, -0.25) is 9.89 Å². The number of hydrogen-bond acceptors (Lipinski definition) is 2. The van der Waals surface area contributed by atoms with Crippen molar-refractivity contribution in [1.29, 1.82) is 0 Å². The molecule has 0 aromatic rings. The van der Waals surface area contributed by atoms with E-state index in [1.54, 1.807) is 0 Å². The fourth-order valence-corrected chi connectivity index (χ4v) is 2.97. The molecule has 0 aromatic carbocycles. The first kappa shape index (κ1) is 15.4. The number of aliphatic imine (C=N–C) groups is 1. The van der Waals surface area contributed by atoms with Gasteiger partial charge in [-0.15, -0.1) is 0 Å². The Kier molecular flexibility index (Phi) is 5.89. The molecule has 0 spiro atoms. The summed E-state index contributed by atoms with van der Waals surface area (Å²) in [7, 11) is 1.85. The summed E-state index contributed by atoms with van der Waals surface area (Å²) in [4.78, 5) is 6.92. The summed E-state index contributed by atoms with van der Waals surface area (Å²) in [5.41, 5.74) is 0. The fourth-order valence-electron chi connectivity index (χ4n) is 2.97. The monoisotopic (exact) mass is 278 g/mol. The van der Waals surface area contributed by atoms with Crippen LogP contribution in [-0.2, 0) is 0 Å². The highest BCUT2D eigenvalue weighted by Crippen LogP contribution is 2.17. The Hall–Kier alpha value is -1.03. The number of guanidine groups is 1. The highest BCUT2D eigenvalue weighted by molar-refractivity contribution is 5.80. The van der Waals surface area contributed by atoms with Crippen molar-refractivity contribution in [3.8, 4) is 0 Å². The van der Waals surface area contributed by atoms with Crippen molar-refractivity contribution in [2.24, 2.45) is 10.9 Å². The average Bonchev–Trinajstić information content (AvgIpc) is 2.96. The standard InChI is InChI=1S/C16H30N4/c1-13-8-10-20(11-9-13)14(2)12-18-16(17-3)19-15-6-4-5-7-15/h4-5,13-15H,6-12H2,1-3H3,(H2,17,18,19). The third-order valence-electron chi connectivity index (χ3n) is 4.58. The lowest BCUT2D eigenvalue weighted by Crippen LogP contribution is -2.49. The molecule has 20 heavy (non-hydrogen) atoms. The predicted octanol–water partition coefficient (Wildman–Crippen LogP) is 1.99. The maximum atomic E-state index is 4.33. The largest absolute Gasteiger partial charge is 0.355 e. The zero-order valence-corrected chi connectivity index (χ0v) is 13.2. The highest BCUT2D eigenvalue weighted by Gasteiger charge is 2.20. The van der Waals surface area contributed by atoms with Gasteiger partial charge < -0.3 is 10.6 Å². The number of nitrogens with one attached hydrogen (secondary N) is 2. The second-order valence-corrected chi connectivity index (χ2v) is 6.30. The lowest BCUT2D eigenvalue weighted by atomic mass is 9.98. The zero-order valence-electron chi connectivity index (χ0n) is 13.2. The number of nitrogens with zero attached hydrogens (tertiary/aromatic N) is 2. The van der Waals surface area contributed by atoms with E-state index in [2.05, 4.69) is 46.5 Å². The van der Waals surface area contributed by atoms with E-state index in [1.165, 1.54) is 25.9 Å². The number of hydrogen-bond donors (Lipinski definition) is 2. The minimum absolute atomic E-state index is 0.521. The number of rotatable bonds is 4. The molecule has 4 heteroatoms. The van der Waals surface area contributed by atoms with E-state index in [-0.39, 0.29) is 0 Å². The zero-order chi connectivity index (χ0) is 14.4. The van der Waals surface area contributed by atoms with Gasteiger partial charge in [0.15, 0.2) is 5.96 Å². The summed E-state index contributed by atoms with van der Waals surface area (Å²) < 4.78 is 0. The van der Waals surface area contributed by atoms with Crippen molar-refractivity contribution >= 4 is 5.96 Å². The molecule has 114 valence electrons. The SMILES string of the molecule is CN=C(NCC(C)N1CCC(C)CC1)NC1CC=CC1. The van der Waals surface area contributed by atoms with E-state index in [4.69, 9.17) is 0 Å². The van der Waals surface area contributed by atoms with Crippen molar-refractivity contribution in [1.82, 2.24) is 15.5 Å². The number of likely N-dealkylation sites (tertiary alicyclic amines) is 1. The van der Waals surface area contributed by atoms with Crippen LogP contribution in [0.25, 0.3) is 0 Å². The molecule has 1 aliphatic heterocycles. The first-order chi connectivity index (χ1) is 9.69. The second kappa shape index (κ2) is 7.67. The average molecular weight is 278 g/mol. The molecule has 1 saturated heterocycles. The molecule has 1 fully saturated rings. The normalized spacial score (nSPS) is 24.1. The molecule has 2 N–H and O–H groups in total. The van der Waals surface area contributed by atoms with Gasteiger partial charge in [0.05, 0.1) is 0 Å². The molecule has 0 saturated carbocycles. The lowest BCUT2D eigenvalue weighted by molar-refractivity contribution is 0.147. The van der Waals surface area contributed by atoms with Crippen LogP contribution in [0.1, 0.15) is 39.5 Å². The van der Waals surface area contributed by atoms with Crippen LogP contribution in [0, 0.1) is 5.92 Å². The van der Waals surface area contributed by atoms with Gasteiger partial charge in [-0.05, 0) is 51.6 Å².